The third kappa shape index (κ3) is 18.1. The zero-order valence-electron chi connectivity index (χ0n) is 32.8. The van der Waals surface area contributed by atoms with Gasteiger partial charge < -0.3 is 58.7 Å². The molecule has 23 nitrogen and oxygen atoms in total. The molecule has 0 saturated carbocycles. The first-order valence-electron chi connectivity index (χ1n) is 18.8. The van der Waals surface area contributed by atoms with Gasteiger partial charge in [-0.15, -0.1) is 5.43 Å². The number of carbonyl (C=O) groups is 8. The number of carbonyl (C=O) groups excluding carboxylic acids is 7. The van der Waals surface area contributed by atoms with Gasteiger partial charge in [-0.3, -0.25) is 33.6 Å². The fraction of sp³-hybridized carbons (Fsp3) is 0.459. The largest absolute Gasteiger partial charge is 0.508 e. The van der Waals surface area contributed by atoms with Gasteiger partial charge in [0.15, 0.2) is 11.1 Å². The van der Waals surface area contributed by atoms with Gasteiger partial charge in [0.05, 0.1) is 13.2 Å². The summed E-state index contributed by atoms with van der Waals surface area (Å²) in [6.07, 6.45) is -0.0609. The molecule has 6 atom stereocenters. The number of hydrogen-bond donors (Lipinski definition) is 12. The first kappa shape index (κ1) is 49.3. The number of carboxylic acids is 1. The smallest absolute Gasteiger partial charge is 0.326 e. The number of unbranched alkanes of at least 4 members (excludes halogenated alkanes) is 1. The number of nitrogens with zero attached hydrogens (tertiary/aromatic N) is 1. The van der Waals surface area contributed by atoms with Crippen molar-refractivity contribution < 1.29 is 58.7 Å². The Hall–Kier alpha value is -6.88. The third-order valence-corrected chi connectivity index (χ3v) is 8.75. The Morgan fingerprint density at radius 2 is 1.27 bits per heavy atom. The maximum absolute atomic E-state index is 13.6. The van der Waals surface area contributed by atoms with Gasteiger partial charge in [-0.2, -0.15) is 0 Å². The van der Waals surface area contributed by atoms with Crippen molar-refractivity contribution >= 4 is 47.3 Å². The molecule has 2 aromatic rings. The molecule has 0 bridgehead atoms. The van der Waals surface area contributed by atoms with Gasteiger partial charge in [-0.1, -0.05) is 42.5 Å². The van der Waals surface area contributed by atoms with Crippen LogP contribution in [0.15, 0.2) is 54.6 Å². The SMILES string of the molecule is C[C@H](NC(=O)[C@H](CO)NC(=O)CNC(=O)[C@H](Cc1ccc(O)cc1)N[N+](=O)[O-])C(=O)N[C@@H](CCC(N)=O)C(=O)N[C@@H](Cc1ccccc1)C(=O)N[C@@H](CCCCN)C(=O)O. The van der Waals surface area contributed by atoms with Gasteiger partial charge in [0.1, 0.15) is 36.0 Å². The fourth-order valence-electron chi connectivity index (χ4n) is 5.51. The molecular weight excluding hydrogens is 792 g/mol. The molecular formula is C37H52N10O13. The molecule has 0 aliphatic heterocycles. The molecule has 0 radical (unpaired) electrons. The number of rotatable bonds is 27. The van der Waals surface area contributed by atoms with E-state index in [-0.39, 0.29) is 31.4 Å². The molecule has 0 unspecified atom stereocenters. The number of benzene rings is 2. The molecule has 0 heterocycles. The van der Waals surface area contributed by atoms with Crippen LogP contribution >= 0.6 is 0 Å². The van der Waals surface area contributed by atoms with Crippen molar-refractivity contribution in [3.8, 4) is 5.75 Å². The van der Waals surface area contributed by atoms with E-state index in [1.54, 1.807) is 30.3 Å². The number of phenolic OH excluding ortho intramolecular Hbond substituents is 1. The van der Waals surface area contributed by atoms with Crippen molar-refractivity contribution in [2.75, 3.05) is 19.7 Å². The third-order valence-electron chi connectivity index (χ3n) is 8.75. The Balaban J connectivity index is 2.10. The molecule has 0 aliphatic rings. The maximum atomic E-state index is 13.6. The van der Waals surface area contributed by atoms with Gasteiger partial charge in [0.2, 0.25) is 41.4 Å². The summed E-state index contributed by atoms with van der Waals surface area (Å²) in [4.78, 5) is 113. The zero-order valence-corrected chi connectivity index (χ0v) is 32.8. The van der Waals surface area contributed by atoms with Gasteiger partial charge in [-0.05, 0) is 62.4 Å². The Bertz CT molecular complexity index is 1800. The van der Waals surface area contributed by atoms with Crippen LogP contribution in [-0.4, -0.2) is 124 Å². The van der Waals surface area contributed by atoms with E-state index in [1.165, 1.54) is 31.2 Å². The lowest BCUT2D eigenvalue weighted by Crippen LogP contribution is -2.59. The highest BCUT2D eigenvalue weighted by atomic mass is 16.7. The van der Waals surface area contributed by atoms with Crippen molar-refractivity contribution in [2.45, 2.75) is 88.1 Å². The van der Waals surface area contributed by atoms with Gasteiger partial charge in [0.25, 0.3) is 0 Å². The van der Waals surface area contributed by atoms with Crippen LogP contribution in [0.3, 0.4) is 0 Å². The van der Waals surface area contributed by atoms with Gasteiger partial charge >= 0.3 is 5.97 Å². The topological polar surface area (TPSA) is 377 Å². The summed E-state index contributed by atoms with van der Waals surface area (Å²) >= 11 is 0. The molecule has 23 heteroatoms. The number of carboxylic acid groups (broad SMARTS) is 1. The number of hydrogen-bond acceptors (Lipinski definition) is 13. The number of aliphatic carboxylic acids is 1. The Labute approximate surface area is 343 Å². The first-order valence-corrected chi connectivity index (χ1v) is 18.8. The van der Waals surface area contributed by atoms with Crippen molar-refractivity contribution in [1.29, 1.82) is 0 Å². The molecule has 7 amide bonds. The van der Waals surface area contributed by atoms with Crippen LogP contribution in [0.4, 0.5) is 0 Å². The average Bonchev–Trinajstić information content (AvgIpc) is 3.20. The van der Waals surface area contributed by atoms with E-state index in [2.05, 4.69) is 31.9 Å². The molecule has 2 rings (SSSR count). The Morgan fingerprint density at radius 1 is 0.700 bits per heavy atom. The number of nitrogens with one attached hydrogen (secondary N) is 7. The van der Waals surface area contributed by atoms with Crippen LogP contribution in [0.1, 0.15) is 50.2 Å². The van der Waals surface area contributed by atoms with Crippen LogP contribution < -0.4 is 48.8 Å². The summed E-state index contributed by atoms with van der Waals surface area (Å²) in [5, 5.41) is 53.0. The quantitative estimate of drug-likeness (QED) is 0.0234. The molecule has 0 spiro atoms. The second kappa shape index (κ2) is 25.5. The zero-order chi connectivity index (χ0) is 44.8. The monoisotopic (exact) mass is 844 g/mol. The first-order chi connectivity index (χ1) is 28.4. The molecule has 0 fully saturated rings. The number of phenols is 1. The van der Waals surface area contributed by atoms with E-state index in [4.69, 9.17) is 11.5 Å². The summed E-state index contributed by atoms with van der Waals surface area (Å²) in [7, 11) is 0. The van der Waals surface area contributed by atoms with Crippen molar-refractivity contribution in [1.82, 2.24) is 37.3 Å². The number of hydrazine groups is 1. The van der Waals surface area contributed by atoms with Crippen LogP contribution in [0.25, 0.3) is 0 Å². The van der Waals surface area contributed by atoms with E-state index in [0.717, 1.165) is 0 Å². The normalized spacial score (nSPS) is 13.7. The molecule has 0 saturated heterocycles. The van der Waals surface area contributed by atoms with E-state index in [9.17, 15) is 63.8 Å². The Morgan fingerprint density at radius 3 is 1.85 bits per heavy atom. The average molecular weight is 845 g/mol. The number of aromatic hydroxyl groups is 1. The number of aliphatic hydroxyl groups is 1. The van der Waals surface area contributed by atoms with Crippen molar-refractivity contribution in [3.05, 3.63) is 75.8 Å². The summed E-state index contributed by atoms with van der Waals surface area (Å²) in [6, 6.07) is 5.23. The van der Waals surface area contributed by atoms with E-state index >= 15 is 0 Å². The molecule has 328 valence electrons. The Kier molecular flexibility index (Phi) is 20.9. The van der Waals surface area contributed by atoms with Crippen molar-refractivity contribution in [2.24, 2.45) is 11.5 Å². The summed E-state index contributed by atoms with van der Waals surface area (Å²) in [5.74, 6) is -8.00. The predicted molar refractivity (Wildman–Crippen MR) is 210 cm³/mol. The highest BCUT2D eigenvalue weighted by Crippen LogP contribution is 2.12. The molecule has 60 heavy (non-hydrogen) atoms. The minimum Gasteiger partial charge on any atom is -0.508 e. The number of amides is 7. The lowest BCUT2D eigenvalue weighted by atomic mass is 10.0. The minimum atomic E-state index is -1.66. The predicted octanol–water partition coefficient (Wildman–Crippen LogP) is -3.64. The number of nitrogens with two attached hydrogens (primary N) is 2. The highest BCUT2D eigenvalue weighted by molar-refractivity contribution is 5.96. The summed E-state index contributed by atoms with van der Waals surface area (Å²) in [5.41, 5.74) is 13.7. The van der Waals surface area contributed by atoms with Gasteiger partial charge in [-0.25, -0.2) is 14.9 Å². The van der Waals surface area contributed by atoms with E-state index in [0.29, 0.717) is 30.5 Å². The van der Waals surface area contributed by atoms with Crippen LogP contribution in [0, 0.1) is 10.1 Å². The lowest BCUT2D eigenvalue weighted by molar-refractivity contribution is -0.548. The molecule has 0 aliphatic carbocycles. The second-order valence-corrected chi connectivity index (χ2v) is 13.6. The fourth-order valence-corrected chi connectivity index (χ4v) is 5.51. The van der Waals surface area contributed by atoms with Gasteiger partial charge in [0, 0.05) is 19.3 Å². The summed E-state index contributed by atoms with van der Waals surface area (Å²) in [6.45, 7) is -0.245. The molecule has 14 N–H and O–H groups in total. The molecule has 0 aromatic heterocycles. The maximum Gasteiger partial charge on any atom is 0.326 e. The van der Waals surface area contributed by atoms with Crippen LogP contribution in [-0.2, 0) is 51.2 Å². The standard InChI is InChI=1S/C37H52N10O13/c1-21(41-36(56)29(20-48)42-31(51)19-40-33(53)28(46-47(59)60)18-23-10-12-24(49)13-11-23)32(52)43-25(14-15-30(39)50)34(54)45-27(17-22-7-3-2-4-8-22)35(55)44-26(37(57)58)9-5-6-16-38/h2-4,7-8,10-13,21,25-29,46,48-49H,5-6,9,14-20,38H2,1H3,(H2,39,50)(H,40,53)(H,41,56)(H,42,51)(H,43,52)(H,44,55)(H,45,54)(H,57,58)/t21-,25-,26-,27-,28-,29-/m0/s1. The second-order valence-electron chi connectivity index (χ2n) is 13.6. The lowest BCUT2D eigenvalue weighted by Gasteiger charge is -2.26. The van der Waals surface area contributed by atoms with Crippen LogP contribution in [0.5, 0.6) is 5.75 Å². The van der Waals surface area contributed by atoms with E-state index < -0.39 is 108 Å². The van der Waals surface area contributed by atoms with Crippen molar-refractivity contribution in [3.63, 3.8) is 0 Å². The minimum absolute atomic E-state index is 0.0652. The number of primary amides is 1. The van der Waals surface area contributed by atoms with Crippen LogP contribution in [0.2, 0.25) is 0 Å². The number of aliphatic hydroxyl groups excluding tert-OH is 1. The highest BCUT2D eigenvalue weighted by Gasteiger charge is 2.32. The number of nitro groups is 1. The summed E-state index contributed by atoms with van der Waals surface area (Å²) < 4.78 is 0. The molecule has 2 aromatic carbocycles. The van der Waals surface area contributed by atoms with E-state index in [1.807, 2.05) is 5.43 Å².